The molecule has 2 nitrogen and oxygen atoms in total. The van der Waals surface area contributed by atoms with Crippen LogP contribution in [0.3, 0.4) is 0 Å². The zero-order valence-corrected chi connectivity index (χ0v) is 5.77. The van der Waals surface area contributed by atoms with Gasteiger partial charge in [0.05, 0.1) is 6.08 Å². The number of cyclic esters (lactones) is 1. The largest absolute Gasteiger partial charge is 0.428 e. The summed E-state index contributed by atoms with van der Waals surface area (Å²) in [4.78, 5) is 10.1. The maximum absolute atomic E-state index is 10.1. The van der Waals surface area contributed by atoms with Crippen LogP contribution >= 0.6 is 15.9 Å². The SMILES string of the molecule is O=C1C=C(CCBr)O1. The highest BCUT2D eigenvalue weighted by Crippen LogP contribution is 2.14. The molecule has 0 amide bonds. The zero-order chi connectivity index (χ0) is 5.98. The van der Waals surface area contributed by atoms with Crippen LogP contribution in [0, 0.1) is 0 Å². The van der Waals surface area contributed by atoms with Gasteiger partial charge in [0.25, 0.3) is 0 Å². The number of carbonyl (C=O) groups excluding carboxylic acids is 1. The van der Waals surface area contributed by atoms with Gasteiger partial charge in [-0.15, -0.1) is 0 Å². The normalized spacial score (nSPS) is 16.6. The Morgan fingerprint density at radius 2 is 2.38 bits per heavy atom. The molecular weight excluding hydrogens is 172 g/mol. The fourth-order valence-corrected chi connectivity index (χ4v) is 0.869. The van der Waals surface area contributed by atoms with Crippen LogP contribution in [0.25, 0.3) is 0 Å². The lowest BCUT2D eigenvalue weighted by Gasteiger charge is -2.11. The van der Waals surface area contributed by atoms with Crippen molar-refractivity contribution in [3.63, 3.8) is 0 Å². The molecular formula is C5H5BrO2. The van der Waals surface area contributed by atoms with Crippen molar-refractivity contribution in [1.29, 1.82) is 0 Å². The molecule has 0 fully saturated rings. The molecule has 1 aliphatic heterocycles. The molecule has 0 aliphatic carbocycles. The Hall–Kier alpha value is -0.310. The summed E-state index contributed by atoms with van der Waals surface area (Å²) < 4.78 is 4.57. The van der Waals surface area contributed by atoms with Crippen LogP contribution in [0.4, 0.5) is 0 Å². The Morgan fingerprint density at radius 1 is 1.75 bits per heavy atom. The van der Waals surface area contributed by atoms with E-state index in [1.165, 1.54) is 6.08 Å². The summed E-state index contributed by atoms with van der Waals surface area (Å²) in [6, 6.07) is 0. The minimum atomic E-state index is -0.221. The van der Waals surface area contributed by atoms with E-state index in [9.17, 15) is 4.79 Å². The van der Waals surface area contributed by atoms with E-state index in [1.807, 2.05) is 0 Å². The third-order valence-corrected chi connectivity index (χ3v) is 1.25. The van der Waals surface area contributed by atoms with Gasteiger partial charge in [0.2, 0.25) is 0 Å². The smallest absolute Gasteiger partial charge is 0.339 e. The highest BCUT2D eigenvalue weighted by Gasteiger charge is 2.14. The van der Waals surface area contributed by atoms with Gasteiger partial charge >= 0.3 is 5.97 Å². The minimum Gasteiger partial charge on any atom is -0.428 e. The first kappa shape index (κ1) is 5.82. The van der Waals surface area contributed by atoms with E-state index in [-0.39, 0.29) is 5.97 Å². The second-order valence-corrected chi connectivity index (χ2v) is 2.26. The van der Waals surface area contributed by atoms with E-state index < -0.39 is 0 Å². The van der Waals surface area contributed by atoms with Crippen molar-refractivity contribution >= 4 is 21.9 Å². The molecule has 8 heavy (non-hydrogen) atoms. The summed E-state index contributed by atoms with van der Waals surface area (Å²) in [6.45, 7) is 0. The molecule has 3 heteroatoms. The number of allylic oxidation sites excluding steroid dienone is 1. The molecule has 1 rings (SSSR count). The first-order valence-electron chi connectivity index (χ1n) is 2.31. The van der Waals surface area contributed by atoms with Crippen LogP contribution in [0.1, 0.15) is 6.42 Å². The van der Waals surface area contributed by atoms with Crippen molar-refractivity contribution in [3.05, 3.63) is 11.8 Å². The standard InChI is InChI=1S/C5H5BrO2/c6-2-1-4-3-5(7)8-4/h3H,1-2H2. The molecule has 0 radical (unpaired) electrons. The average molecular weight is 177 g/mol. The van der Waals surface area contributed by atoms with Gasteiger partial charge in [0.15, 0.2) is 0 Å². The molecule has 0 aromatic rings. The summed E-state index contributed by atoms with van der Waals surface area (Å²) in [7, 11) is 0. The predicted octanol–water partition coefficient (Wildman–Crippen LogP) is 1.21. The van der Waals surface area contributed by atoms with Crippen LogP contribution in [-0.2, 0) is 9.53 Å². The van der Waals surface area contributed by atoms with E-state index in [0.29, 0.717) is 0 Å². The molecule has 0 aromatic heterocycles. The van der Waals surface area contributed by atoms with Crippen molar-refractivity contribution < 1.29 is 9.53 Å². The fraction of sp³-hybridized carbons (Fsp3) is 0.400. The monoisotopic (exact) mass is 176 g/mol. The van der Waals surface area contributed by atoms with Gasteiger partial charge in [-0.05, 0) is 0 Å². The van der Waals surface area contributed by atoms with Gasteiger partial charge in [-0.25, -0.2) is 4.79 Å². The minimum absolute atomic E-state index is 0.221. The third kappa shape index (κ3) is 1.10. The van der Waals surface area contributed by atoms with E-state index in [1.54, 1.807) is 0 Å². The van der Waals surface area contributed by atoms with Crippen molar-refractivity contribution in [2.45, 2.75) is 6.42 Å². The van der Waals surface area contributed by atoms with Crippen LogP contribution in [-0.4, -0.2) is 11.3 Å². The quantitative estimate of drug-likeness (QED) is 0.468. The van der Waals surface area contributed by atoms with Crippen molar-refractivity contribution in [2.75, 3.05) is 5.33 Å². The lowest BCUT2D eigenvalue weighted by Crippen LogP contribution is -2.12. The number of alkyl halides is 1. The Bertz CT molecular complexity index is 139. The van der Waals surface area contributed by atoms with Crippen molar-refractivity contribution in [3.8, 4) is 0 Å². The molecule has 0 atom stereocenters. The van der Waals surface area contributed by atoms with Gasteiger partial charge in [-0.1, -0.05) is 15.9 Å². The average Bonchev–Trinajstić information content (AvgIpc) is 1.64. The fourth-order valence-electron chi connectivity index (χ4n) is 0.478. The first-order valence-corrected chi connectivity index (χ1v) is 3.43. The number of halogens is 1. The van der Waals surface area contributed by atoms with Gasteiger partial charge in [0, 0.05) is 11.8 Å². The molecule has 44 valence electrons. The molecule has 0 N–H and O–H groups in total. The summed E-state index contributed by atoms with van der Waals surface area (Å²) in [6.07, 6.45) is 2.31. The first-order chi connectivity index (χ1) is 3.83. The Morgan fingerprint density at radius 3 is 2.75 bits per heavy atom. The van der Waals surface area contributed by atoms with E-state index in [4.69, 9.17) is 0 Å². The van der Waals surface area contributed by atoms with Crippen molar-refractivity contribution in [1.82, 2.24) is 0 Å². The number of esters is 1. The molecule has 1 heterocycles. The Balaban J connectivity index is 2.31. The maximum Gasteiger partial charge on any atom is 0.339 e. The van der Waals surface area contributed by atoms with Crippen LogP contribution in [0.15, 0.2) is 11.8 Å². The highest BCUT2D eigenvalue weighted by atomic mass is 79.9. The van der Waals surface area contributed by atoms with Crippen molar-refractivity contribution in [2.24, 2.45) is 0 Å². The molecule has 0 unspecified atom stereocenters. The lowest BCUT2D eigenvalue weighted by atomic mass is 10.3. The number of ether oxygens (including phenoxy) is 1. The molecule has 0 bridgehead atoms. The topological polar surface area (TPSA) is 26.3 Å². The van der Waals surface area contributed by atoms with E-state index in [0.717, 1.165) is 17.5 Å². The molecule has 0 saturated carbocycles. The summed E-state index contributed by atoms with van der Waals surface area (Å²) in [5, 5.41) is 0.853. The molecule has 0 saturated heterocycles. The molecule has 1 aliphatic rings. The van der Waals surface area contributed by atoms with Gasteiger partial charge in [0.1, 0.15) is 5.76 Å². The number of carbonyl (C=O) groups is 1. The summed E-state index contributed by atoms with van der Waals surface area (Å²) in [5.41, 5.74) is 0. The number of hydrogen-bond acceptors (Lipinski definition) is 2. The van der Waals surface area contributed by atoms with Gasteiger partial charge in [-0.2, -0.15) is 0 Å². The second kappa shape index (κ2) is 2.31. The van der Waals surface area contributed by atoms with Crippen LogP contribution in [0.2, 0.25) is 0 Å². The Kier molecular flexibility index (Phi) is 1.68. The summed E-state index contributed by atoms with van der Waals surface area (Å²) in [5.74, 6) is 0.563. The second-order valence-electron chi connectivity index (χ2n) is 1.47. The van der Waals surface area contributed by atoms with Gasteiger partial charge in [-0.3, -0.25) is 0 Å². The van der Waals surface area contributed by atoms with Gasteiger partial charge < -0.3 is 4.74 Å². The zero-order valence-electron chi connectivity index (χ0n) is 4.19. The number of rotatable bonds is 2. The van der Waals surface area contributed by atoms with E-state index >= 15 is 0 Å². The highest BCUT2D eigenvalue weighted by molar-refractivity contribution is 9.09. The predicted molar refractivity (Wildman–Crippen MR) is 32.6 cm³/mol. The lowest BCUT2D eigenvalue weighted by molar-refractivity contribution is -0.138. The molecule has 0 spiro atoms. The third-order valence-electron chi connectivity index (χ3n) is 0.851. The van der Waals surface area contributed by atoms with E-state index in [2.05, 4.69) is 20.7 Å². The summed E-state index contributed by atoms with van der Waals surface area (Å²) >= 11 is 3.21. The number of hydrogen-bond donors (Lipinski definition) is 0. The molecule has 0 aromatic carbocycles. The maximum atomic E-state index is 10.1. The van der Waals surface area contributed by atoms with Crippen LogP contribution in [0.5, 0.6) is 0 Å². The Labute approximate surface area is 55.6 Å². The van der Waals surface area contributed by atoms with Crippen LogP contribution < -0.4 is 0 Å².